The summed E-state index contributed by atoms with van der Waals surface area (Å²) in [6, 6.07) is 0. The molecule has 63 heavy (non-hydrogen) atoms. The van der Waals surface area contributed by atoms with E-state index in [1.807, 2.05) is 0 Å². The van der Waals surface area contributed by atoms with Gasteiger partial charge in [0.25, 0.3) is 0 Å². The summed E-state index contributed by atoms with van der Waals surface area (Å²) in [5, 5.41) is 120. The van der Waals surface area contributed by atoms with Crippen molar-refractivity contribution in [3.8, 4) is 0 Å². The molecule has 0 amide bonds. The Labute approximate surface area is 367 Å². The average Bonchev–Trinajstić information content (AvgIpc) is 3.67. The van der Waals surface area contributed by atoms with Gasteiger partial charge in [0.1, 0.15) is 67.1 Å². The highest BCUT2D eigenvalue weighted by Gasteiger charge is 2.72. The fourth-order valence-electron chi connectivity index (χ4n) is 14.5. The van der Waals surface area contributed by atoms with Crippen molar-refractivity contribution in [2.75, 3.05) is 26.4 Å². The summed E-state index contributed by atoms with van der Waals surface area (Å²) < 4.78 is 48.3. The van der Waals surface area contributed by atoms with Gasteiger partial charge < -0.3 is 94.1 Å². The van der Waals surface area contributed by atoms with Gasteiger partial charge in [-0.1, -0.05) is 27.7 Å². The molecule has 19 nitrogen and oxygen atoms in total. The largest absolute Gasteiger partial charge is 0.394 e. The van der Waals surface area contributed by atoms with Gasteiger partial charge in [-0.3, -0.25) is 0 Å². The van der Waals surface area contributed by atoms with Crippen LogP contribution in [0.4, 0.5) is 0 Å². The highest BCUT2D eigenvalue weighted by atomic mass is 16.8. The van der Waals surface area contributed by atoms with Crippen molar-refractivity contribution in [1.29, 1.82) is 0 Å². The van der Waals surface area contributed by atoms with Gasteiger partial charge in [-0.25, -0.2) is 0 Å². The molecular formula is C44H72O19. The van der Waals surface area contributed by atoms with Gasteiger partial charge in [0.15, 0.2) is 24.7 Å². The molecule has 5 saturated heterocycles. The van der Waals surface area contributed by atoms with Crippen LogP contribution in [0.1, 0.15) is 79.1 Å². The predicted octanol–water partition coefficient (Wildman–Crippen LogP) is -2.15. The van der Waals surface area contributed by atoms with Crippen LogP contribution in [-0.2, 0) is 37.9 Å². The molecule has 0 aromatic rings. The van der Waals surface area contributed by atoms with Crippen LogP contribution in [0, 0.1) is 52.3 Å². The minimum atomic E-state index is -1.84. The molecule has 9 aliphatic rings. The molecule has 5 heterocycles. The van der Waals surface area contributed by atoms with Crippen LogP contribution in [0.25, 0.3) is 0 Å². The number of ether oxygens (including phenoxy) is 8. The van der Waals surface area contributed by atoms with Crippen LogP contribution in [0.2, 0.25) is 0 Å². The van der Waals surface area contributed by atoms with E-state index in [1.54, 1.807) is 0 Å². The Morgan fingerprint density at radius 3 is 1.98 bits per heavy atom. The first-order valence-corrected chi connectivity index (χ1v) is 23.4. The van der Waals surface area contributed by atoms with E-state index >= 15 is 0 Å². The summed E-state index contributed by atoms with van der Waals surface area (Å²) in [6.45, 7) is 7.78. The molecule has 4 aliphatic carbocycles. The minimum absolute atomic E-state index is 0.0631. The van der Waals surface area contributed by atoms with Gasteiger partial charge in [0, 0.05) is 18.3 Å². The number of aliphatic hydroxyl groups is 11. The lowest BCUT2D eigenvalue weighted by Crippen LogP contribution is -2.66. The van der Waals surface area contributed by atoms with Crippen LogP contribution >= 0.6 is 0 Å². The maximum atomic E-state index is 12.2. The van der Waals surface area contributed by atoms with Crippen molar-refractivity contribution >= 4 is 0 Å². The normalized spacial score (nSPS) is 59.4. The number of rotatable bonds is 8. The molecule has 0 bridgehead atoms. The lowest BCUT2D eigenvalue weighted by atomic mass is 9.44. The van der Waals surface area contributed by atoms with E-state index in [-0.39, 0.29) is 52.4 Å². The SMILES string of the molecule is C[C@@H]1CC[C@@]2(OC1)O[C@H]1[C@@H](O)[C@H]3[C@@H]4CC[C@H]5C[C@@H](O[C@@H]6O[C@H](CO)[C@H](O[C@@H]7O[C@H](CO)[C@@H](O)[C@H](O)[C@H]7O[C@@H]7OC[C@H](O)[C@H](O)[C@H]7O)[C@H](O)[C@H]6O)[C@H](O)C[C@]5(C)[C@H]4CC[C@]3(C)[C@H]1[C@@H]2C. The van der Waals surface area contributed by atoms with E-state index < -0.39 is 130 Å². The Morgan fingerprint density at radius 2 is 1.29 bits per heavy atom. The van der Waals surface area contributed by atoms with Gasteiger partial charge in [-0.05, 0) is 85.4 Å². The lowest BCUT2D eigenvalue weighted by molar-refractivity contribution is -0.386. The molecule has 28 atom stereocenters. The van der Waals surface area contributed by atoms with Crippen LogP contribution in [0.5, 0.6) is 0 Å². The first-order valence-electron chi connectivity index (χ1n) is 23.4. The van der Waals surface area contributed by atoms with Crippen LogP contribution in [0.3, 0.4) is 0 Å². The first kappa shape index (κ1) is 47.3. The summed E-state index contributed by atoms with van der Waals surface area (Å²) in [4.78, 5) is 0. The minimum Gasteiger partial charge on any atom is -0.394 e. The van der Waals surface area contributed by atoms with Gasteiger partial charge >= 0.3 is 0 Å². The molecule has 4 saturated carbocycles. The molecule has 1 spiro atoms. The van der Waals surface area contributed by atoms with E-state index in [1.165, 1.54) is 0 Å². The number of hydrogen-bond acceptors (Lipinski definition) is 19. The third-order valence-electron chi connectivity index (χ3n) is 17.9. The average molecular weight is 905 g/mol. The van der Waals surface area contributed by atoms with Crippen molar-refractivity contribution in [2.24, 2.45) is 52.3 Å². The summed E-state index contributed by atoms with van der Waals surface area (Å²) in [5.41, 5.74) is -0.364. The van der Waals surface area contributed by atoms with E-state index in [9.17, 15) is 56.2 Å². The van der Waals surface area contributed by atoms with Crippen LogP contribution in [-0.4, -0.2) is 199 Å². The molecule has 362 valence electrons. The molecule has 9 rings (SSSR count). The maximum Gasteiger partial charge on any atom is 0.187 e. The highest BCUT2D eigenvalue weighted by Crippen LogP contribution is 2.71. The second-order valence-corrected chi connectivity index (χ2v) is 21.3. The molecule has 0 radical (unpaired) electrons. The van der Waals surface area contributed by atoms with Crippen molar-refractivity contribution in [3.05, 3.63) is 0 Å². The molecule has 0 aromatic heterocycles. The topological polar surface area (TPSA) is 296 Å². The molecule has 5 aliphatic heterocycles. The lowest BCUT2D eigenvalue weighted by Gasteiger charge is -2.62. The van der Waals surface area contributed by atoms with Crippen molar-refractivity contribution in [3.63, 3.8) is 0 Å². The third kappa shape index (κ3) is 7.68. The number of hydrogen-bond donors (Lipinski definition) is 11. The predicted molar refractivity (Wildman–Crippen MR) is 212 cm³/mol. The van der Waals surface area contributed by atoms with Gasteiger partial charge in [-0.2, -0.15) is 0 Å². The Morgan fingerprint density at radius 1 is 0.603 bits per heavy atom. The zero-order chi connectivity index (χ0) is 45.1. The second kappa shape index (κ2) is 17.6. The molecular weight excluding hydrogens is 832 g/mol. The van der Waals surface area contributed by atoms with Crippen LogP contribution in [0.15, 0.2) is 0 Å². The third-order valence-corrected chi connectivity index (χ3v) is 17.9. The van der Waals surface area contributed by atoms with E-state index in [2.05, 4.69) is 27.7 Å². The van der Waals surface area contributed by atoms with Gasteiger partial charge in [-0.15, -0.1) is 0 Å². The number of aliphatic hydroxyl groups excluding tert-OH is 11. The Hall–Kier alpha value is -0.760. The standard InChI is InChI=1S/C44H72O19/c1-17-7-10-44(57-15-17)18(2)27-37(63-44)31(51)28-20-6-5-19-11-24(22(47)12-43(19,4)21(20)8-9-42(27,28)3)58-40-35(55)33(53)36(26(14-46)60-40)61-41-38(32(52)30(50)25(13-45)59-41)62-39-34(54)29(49)23(48)16-56-39/h17-41,45-55H,5-16H2,1-4H3/t17-,18+,19+,20-,21+,22-,23+,24-,25-,26-,27+,28-,29+,30-,31+,32+,33-,34-,35-,36+,37-,38-,39+,40-,41+,42-,43+,44-/m1/s1. The van der Waals surface area contributed by atoms with Gasteiger partial charge in [0.2, 0.25) is 0 Å². The Balaban J connectivity index is 0.854. The second-order valence-electron chi connectivity index (χ2n) is 21.3. The Bertz CT molecular complexity index is 1590. The smallest absolute Gasteiger partial charge is 0.187 e. The molecule has 0 unspecified atom stereocenters. The summed E-state index contributed by atoms with van der Waals surface area (Å²) >= 11 is 0. The molecule has 19 heteroatoms. The summed E-state index contributed by atoms with van der Waals surface area (Å²) in [5.74, 6) is 0.934. The summed E-state index contributed by atoms with van der Waals surface area (Å²) in [6.07, 6.45) is -19.1. The zero-order valence-corrected chi connectivity index (χ0v) is 36.6. The maximum absolute atomic E-state index is 12.2. The number of fused-ring (bicyclic) bond motifs is 7. The van der Waals surface area contributed by atoms with E-state index in [4.69, 9.17) is 37.9 Å². The molecule has 11 N–H and O–H groups in total. The molecule has 0 aromatic carbocycles. The van der Waals surface area contributed by atoms with Crippen molar-refractivity contribution < 1.29 is 94.1 Å². The highest BCUT2D eigenvalue weighted by molar-refractivity contribution is 5.19. The monoisotopic (exact) mass is 904 g/mol. The quantitative estimate of drug-likeness (QED) is 0.116. The fraction of sp³-hybridized carbons (Fsp3) is 1.00. The van der Waals surface area contributed by atoms with Crippen molar-refractivity contribution in [2.45, 2.75) is 195 Å². The summed E-state index contributed by atoms with van der Waals surface area (Å²) in [7, 11) is 0. The zero-order valence-electron chi connectivity index (χ0n) is 36.6. The van der Waals surface area contributed by atoms with E-state index in [0.717, 1.165) is 38.5 Å². The fourth-order valence-corrected chi connectivity index (χ4v) is 14.5. The van der Waals surface area contributed by atoms with Crippen molar-refractivity contribution in [1.82, 2.24) is 0 Å². The first-order chi connectivity index (χ1) is 29.9. The van der Waals surface area contributed by atoms with Gasteiger partial charge in [0.05, 0.1) is 50.8 Å². The molecule has 9 fully saturated rings. The van der Waals surface area contributed by atoms with Crippen LogP contribution < -0.4 is 0 Å². The van der Waals surface area contributed by atoms with E-state index in [0.29, 0.717) is 25.4 Å². The Kier molecular flexibility index (Phi) is 13.2.